The van der Waals surface area contributed by atoms with Crippen LogP contribution in [-0.4, -0.2) is 47.3 Å². The third kappa shape index (κ3) is 4.32. The topological polar surface area (TPSA) is 87.5 Å². The minimum absolute atomic E-state index is 0.0151. The van der Waals surface area contributed by atoms with E-state index in [0.717, 1.165) is 41.8 Å². The molecule has 8 heteroatoms. The van der Waals surface area contributed by atoms with Gasteiger partial charge in [0.15, 0.2) is 0 Å². The van der Waals surface area contributed by atoms with Gasteiger partial charge >= 0.3 is 0 Å². The molecular weight excluding hydrogens is 496 g/mol. The van der Waals surface area contributed by atoms with Crippen molar-refractivity contribution in [3.8, 4) is 16.9 Å². The van der Waals surface area contributed by atoms with Crippen molar-refractivity contribution in [2.24, 2.45) is 5.92 Å². The van der Waals surface area contributed by atoms with Crippen LogP contribution in [0.4, 0.5) is 5.69 Å². The molecule has 7 nitrogen and oxygen atoms in total. The Hall–Kier alpha value is -3.46. The van der Waals surface area contributed by atoms with E-state index in [1.807, 2.05) is 71.5 Å². The average Bonchev–Trinajstić information content (AvgIpc) is 3.49. The average molecular weight is 529 g/mol. The van der Waals surface area contributed by atoms with Crippen LogP contribution in [0.1, 0.15) is 31.2 Å². The molecule has 1 saturated carbocycles. The van der Waals surface area contributed by atoms with Crippen LogP contribution < -0.4 is 5.32 Å². The molecular formula is C30H32N4O3S. The van der Waals surface area contributed by atoms with E-state index in [-0.39, 0.29) is 17.4 Å². The number of nitrogens with one attached hydrogen (secondary N) is 1. The summed E-state index contributed by atoms with van der Waals surface area (Å²) < 4.78 is 30.9. The molecule has 1 aliphatic carbocycles. The molecule has 0 spiro atoms. The fourth-order valence-electron chi connectivity index (χ4n) is 5.69. The summed E-state index contributed by atoms with van der Waals surface area (Å²) in [5.41, 5.74) is 3.71. The van der Waals surface area contributed by atoms with Gasteiger partial charge in [0.2, 0.25) is 10.0 Å². The molecule has 2 heterocycles. The normalized spacial score (nSPS) is 21.8. The van der Waals surface area contributed by atoms with Crippen LogP contribution in [0.2, 0.25) is 0 Å². The summed E-state index contributed by atoms with van der Waals surface area (Å²) in [6, 6.07) is 27.2. The summed E-state index contributed by atoms with van der Waals surface area (Å²) in [5, 5.41) is 18.7. The first-order valence-corrected chi connectivity index (χ1v) is 14.7. The number of benzene rings is 3. The molecule has 2 unspecified atom stereocenters. The van der Waals surface area contributed by atoms with E-state index < -0.39 is 15.6 Å². The van der Waals surface area contributed by atoms with Gasteiger partial charge in [-0.1, -0.05) is 67.1 Å². The Balaban J connectivity index is 1.46. The lowest BCUT2D eigenvalue weighted by Gasteiger charge is -2.28. The zero-order chi connectivity index (χ0) is 26.2. The van der Waals surface area contributed by atoms with Gasteiger partial charge in [0.25, 0.3) is 0 Å². The summed E-state index contributed by atoms with van der Waals surface area (Å²) >= 11 is 0. The highest BCUT2D eigenvalue weighted by molar-refractivity contribution is 7.89. The van der Waals surface area contributed by atoms with Crippen molar-refractivity contribution in [2.45, 2.75) is 36.1 Å². The maximum atomic E-state index is 13.7. The first-order chi connectivity index (χ1) is 18.5. The Morgan fingerprint density at radius 2 is 1.55 bits per heavy atom. The van der Waals surface area contributed by atoms with E-state index in [1.165, 1.54) is 0 Å². The highest BCUT2D eigenvalue weighted by atomic mass is 32.2. The van der Waals surface area contributed by atoms with Crippen LogP contribution in [0.5, 0.6) is 0 Å². The van der Waals surface area contributed by atoms with Crippen molar-refractivity contribution in [3.63, 3.8) is 0 Å². The smallest absolute Gasteiger partial charge is 0.245 e. The molecule has 2 N–H and O–H groups in total. The first-order valence-electron chi connectivity index (χ1n) is 13.2. The lowest BCUT2D eigenvalue weighted by atomic mass is 9.97. The van der Waals surface area contributed by atoms with Gasteiger partial charge in [0.1, 0.15) is 4.90 Å². The largest absolute Gasteiger partial charge is 0.396 e. The van der Waals surface area contributed by atoms with Gasteiger partial charge in [-0.05, 0) is 43.5 Å². The molecule has 1 aliphatic heterocycles. The number of sulfonamides is 1. The Kier molecular flexibility index (Phi) is 6.55. The standard InChI is InChI=1S/C30H32N4O3S/c35-22-24-20-30(24,32-27-16-8-9-17-28(27)38(36,37)33-18-10-3-11-19-33)26-21-31-34(25-14-6-2-7-15-25)29(26)23-12-4-1-5-13-23/h1-2,4-9,12-17,21,24,32,35H,3,10-11,18-20,22H2. The van der Waals surface area contributed by atoms with Gasteiger partial charge in [-0.3, -0.25) is 0 Å². The van der Waals surface area contributed by atoms with E-state index in [2.05, 4.69) is 17.4 Å². The maximum absolute atomic E-state index is 13.7. The number of aliphatic hydroxyl groups is 1. The van der Waals surface area contributed by atoms with Crippen molar-refractivity contribution in [3.05, 3.63) is 96.7 Å². The number of hydrogen-bond donors (Lipinski definition) is 2. The quantitative estimate of drug-likeness (QED) is 0.335. The molecule has 0 radical (unpaired) electrons. The molecule has 38 heavy (non-hydrogen) atoms. The summed E-state index contributed by atoms with van der Waals surface area (Å²) in [5.74, 6) is -0.0795. The lowest BCUT2D eigenvalue weighted by Crippen LogP contribution is -2.36. The van der Waals surface area contributed by atoms with Crippen LogP contribution in [-0.2, 0) is 15.6 Å². The summed E-state index contributed by atoms with van der Waals surface area (Å²) in [6.45, 7) is 1.07. The number of nitrogens with zero attached hydrogens (tertiary/aromatic N) is 3. The van der Waals surface area contributed by atoms with Crippen molar-refractivity contribution < 1.29 is 13.5 Å². The zero-order valence-electron chi connectivity index (χ0n) is 21.2. The number of anilines is 1. The lowest BCUT2D eigenvalue weighted by molar-refractivity contribution is 0.266. The van der Waals surface area contributed by atoms with Crippen LogP contribution >= 0.6 is 0 Å². The molecule has 0 bridgehead atoms. The SMILES string of the molecule is O=S(=O)(c1ccccc1NC1(c2cnn(-c3ccccc3)c2-c2ccccc2)CC1CO)N1CCCCC1. The fraction of sp³-hybridized carbons (Fsp3) is 0.300. The molecule has 1 saturated heterocycles. The van der Waals surface area contributed by atoms with Crippen LogP contribution in [0.15, 0.2) is 96.0 Å². The number of piperidine rings is 1. The predicted molar refractivity (Wildman–Crippen MR) is 149 cm³/mol. The van der Waals surface area contributed by atoms with E-state index in [9.17, 15) is 13.5 Å². The zero-order valence-corrected chi connectivity index (χ0v) is 22.0. The van der Waals surface area contributed by atoms with Gasteiger partial charge in [0.05, 0.1) is 28.8 Å². The van der Waals surface area contributed by atoms with E-state index in [4.69, 9.17) is 5.10 Å². The van der Waals surface area contributed by atoms with Gasteiger partial charge < -0.3 is 10.4 Å². The second-order valence-corrected chi connectivity index (χ2v) is 12.1. The maximum Gasteiger partial charge on any atom is 0.245 e. The van der Waals surface area contributed by atoms with Crippen molar-refractivity contribution >= 4 is 15.7 Å². The Labute approximate surface area is 223 Å². The number of hydrogen-bond acceptors (Lipinski definition) is 5. The highest BCUT2D eigenvalue weighted by Crippen LogP contribution is 2.57. The fourth-order valence-corrected chi connectivity index (χ4v) is 7.36. The van der Waals surface area contributed by atoms with Crippen molar-refractivity contribution in [1.82, 2.24) is 14.1 Å². The first kappa shape index (κ1) is 24.9. The van der Waals surface area contributed by atoms with Gasteiger partial charge in [-0.25, -0.2) is 13.1 Å². The summed E-state index contributed by atoms with van der Waals surface area (Å²) in [6.07, 6.45) is 5.34. The monoisotopic (exact) mass is 528 g/mol. The third-order valence-electron chi connectivity index (χ3n) is 7.80. The molecule has 6 rings (SSSR count). The van der Waals surface area contributed by atoms with Crippen molar-refractivity contribution in [1.29, 1.82) is 0 Å². The third-order valence-corrected chi connectivity index (χ3v) is 9.76. The predicted octanol–water partition coefficient (Wildman–Crippen LogP) is 5.03. The second kappa shape index (κ2) is 10.0. The molecule has 196 valence electrons. The highest BCUT2D eigenvalue weighted by Gasteiger charge is 2.57. The van der Waals surface area contributed by atoms with E-state index in [0.29, 0.717) is 25.2 Å². The Morgan fingerprint density at radius 3 is 2.24 bits per heavy atom. The molecule has 0 amide bonds. The second-order valence-electron chi connectivity index (χ2n) is 10.2. The minimum Gasteiger partial charge on any atom is -0.396 e. The van der Waals surface area contributed by atoms with Crippen LogP contribution in [0, 0.1) is 5.92 Å². The minimum atomic E-state index is -3.66. The van der Waals surface area contributed by atoms with Crippen molar-refractivity contribution in [2.75, 3.05) is 25.0 Å². The molecule has 2 atom stereocenters. The van der Waals surface area contributed by atoms with Crippen LogP contribution in [0.3, 0.4) is 0 Å². The van der Waals surface area contributed by atoms with E-state index >= 15 is 0 Å². The van der Waals surface area contributed by atoms with E-state index in [1.54, 1.807) is 16.4 Å². The summed E-state index contributed by atoms with van der Waals surface area (Å²) in [7, 11) is -3.66. The number of rotatable bonds is 8. The molecule has 2 fully saturated rings. The molecule has 4 aromatic rings. The van der Waals surface area contributed by atoms with Gasteiger partial charge in [-0.2, -0.15) is 9.40 Å². The van der Waals surface area contributed by atoms with Gasteiger partial charge in [-0.15, -0.1) is 0 Å². The van der Waals surface area contributed by atoms with Crippen LogP contribution in [0.25, 0.3) is 16.9 Å². The molecule has 2 aliphatic rings. The summed E-state index contributed by atoms with van der Waals surface area (Å²) in [4.78, 5) is 0.279. The Morgan fingerprint density at radius 1 is 0.895 bits per heavy atom. The molecule has 3 aromatic carbocycles. The number of para-hydroxylation sites is 2. The number of aliphatic hydroxyl groups excluding tert-OH is 1. The van der Waals surface area contributed by atoms with Gasteiger partial charge in [0, 0.05) is 36.7 Å². The Bertz CT molecular complexity index is 1520. The number of aromatic nitrogens is 2. The molecule has 1 aromatic heterocycles.